The van der Waals surface area contributed by atoms with Crippen LogP contribution in [0.15, 0.2) is 48.5 Å². The minimum atomic E-state index is -0.607. The van der Waals surface area contributed by atoms with Crippen molar-refractivity contribution in [2.75, 3.05) is 5.32 Å². The summed E-state index contributed by atoms with van der Waals surface area (Å²) in [6.07, 6.45) is -0.607. The van der Waals surface area contributed by atoms with Crippen LogP contribution in [0.5, 0.6) is 0 Å². The third-order valence-corrected chi connectivity index (χ3v) is 2.82. The minimum Gasteiger partial charge on any atom is -0.444 e. The van der Waals surface area contributed by atoms with E-state index in [-0.39, 0.29) is 12.3 Å². The van der Waals surface area contributed by atoms with Crippen molar-refractivity contribution in [1.82, 2.24) is 0 Å². The molecule has 1 amide bonds. The lowest BCUT2D eigenvalue weighted by molar-refractivity contribution is -0.384. The molecule has 122 valence electrons. The number of aryl methyl sites for hydroxylation is 1. The van der Waals surface area contributed by atoms with Crippen molar-refractivity contribution >= 4 is 17.5 Å². The first-order valence-corrected chi connectivity index (χ1v) is 7.28. The summed E-state index contributed by atoms with van der Waals surface area (Å²) in [5.41, 5.74) is 2.43. The van der Waals surface area contributed by atoms with Crippen LogP contribution in [0.1, 0.15) is 25.0 Å². The number of nitro benzene ring substituents is 1. The van der Waals surface area contributed by atoms with Crippen molar-refractivity contribution < 1.29 is 14.5 Å². The Kier molecular flexibility index (Phi) is 7.26. The van der Waals surface area contributed by atoms with Crippen LogP contribution < -0.4 is 5.32 Å². The van der Waals surface area contributed by atoms with E-state index in [9.17, 15) is 14.9 Å². The van der Waals surface area contributed by atoms with Crippen molar-refractivity contribution in [3.63, 3.8) is 0 Å². The van der Waals surface area contributed by atoms with E-state index >= 15 is 0 Å². The summed E-state index contributed by atoms with van der Waals surface area (Å²) in [7, 11) is 0. The first-order chi connectivity index (χ1) is 11.0. The van der Waals surface area contributed by atoms with Crippen LogP contribution in [0.3, 0.4) is 0 Å². The maximum atomic E-state index is 11.6. The number of anilines is 1. The fraction of sp³-hybridized carbons (Fsp3) is 0.235. The molecule has 0 heterocycles. The summed E-state index contributed by atoms with van der Waals surface area (Å²) in [6.45, 7) is 6.14. The normalized spacial score (nSPS) is 9.35. The summed E-state index contributed by atoms with van der Waals surface area (Å²) in [4.78, 5) is 21.6. The Bertz CT molecular complexity index is 637. The van der Waals surface area contributed by atoms with Gasteiger partial charge in [0, 0.05) is 17.8 Å². The number of amides is 1. The highest BCUT2D eigenvalue weighted by molar-refractivity contribution is 5.84. The highest BCUT2D eigenvalue weighted by Gasteiger charge is 2.07. The van der Waals surface area contributed by atoms with Crippen molar-refractivity contribution in [2.45, 2.75) is 27.4 Å². The molecule has 2 aromatic rings. The number of hydrogen-bond donors (Lipinski definition) is 1. The molecule has 0 bridgehead atoms. The van der Waals surface area contributed by atoms with Crippen LogP contribution >= 0.6 is 0 Å². The minimum absolute atomic E-state index is 0.0337. The third-order valence-electron chi connectivity index (χ3n) is 2.82. The van der Waals surface area contributed by atoms with Gasteiger partial charge in [-0.2, -0.15) is 0 Å². The highest BCUT2D eigenvalue weighted by atomic mass is 16.6. The van der Waals surface area contributed by atoms with Crippen LogP contribution in [0.2, 0.25) is 0 Å². The van der Waals surface area contributed by atoms with Crippen LogP contribution in [0, 0.1) is 17.0 Å². The number of carbonyl (C=O) groups is 1. The van der Waals surface area contributed by atoms with E-state index in [2.05, 4.69) is 5.32 Å². The number of nitrogens with zero attached hydrogens (tertiary/aromatic N) is 1. The van der Waals surface area contributed by atoms with E-state index < -0.39 is 11.0 Å². The quantitative estimate of drug-likeness (QED) is 0.656. The van der Waals surface area contributed by atoms with E-state index in [1.54, 1.807) is 0 Å². The zero-order valence-corrected chi connectivity index (χ0v) is 13.4. The molecule has 0 aliphatic carbocycles. The number of nitro groups is 1. The molecule has 23 heavy (non-hydrogen) atoms. The van der Waals surface area contributed by atoms with Gasteiger partial charge in [0.2, 0.25) is 0 Å². The van der Waals surface area contributed by atoms with Gasteiger partial charge in [-0.1, -0.05) is 43.7 Å². The Hall–Kier alpha value is -2.89. The molecule has 0 aromatic heterocycles. The third kappa shape index (κ3) is 6.17. The second-order valence-electron chi connectivity index (χ2n) is 4.49. The predicted octanol–water partition coefficient (Wildman–Crippen LogP) is 4.68. The zero-order valence-electron chi connectivity index (χ0n) is 13.4. The molecule has 6 heteroatoms. The Balaban J connectivity index is 0.00000127. The molecule has 0 radical (unpaired) electrons. The fourth-order valence-corrected chi connectivity index (χ4v) is 1.65. The van der Waals surface area contributed by atoms with Gasteiger partial charge in [-0.15, -0.1) is 0 Å². The van der Waals surface area contributed by atoms with Gasteiger partial charge in [0.1, 0.15) is 6.61 Å². The molecule has 0 saturated heterocycles. The summed E-state index contributed by atoms with van der Waals surface area (Å²) < 4.78 is 5.07. The van der Waals surface area contributed by atoms with Crippen molar-refractivity contribution in [3.8, 4) is 0 Å². The monoisotopic (exact) mass is 316 g/mol. The number of nitrogens with one attached hydrogen (secondary N) is 1. The molecule has 0 spiro atoms. The summed E-state index contributed by atoms with van der Waals surface area (Å²) in [6, 6.07) is 13.2. The van der Waals surface area contributed by atoms with Crippen LogP contribution in [0.4, 0.5) is 16.2 Å². The van der Waals surface area contributed by atoms with E-state index in [0.717, 1.165) is 11.1 Å². The van der Waals surface area contributed by atoms with Crippen LogP contribution in [-0.4, -0.2) is 11.0 Å². The molecule has 0 fully saturated rings. The smallest absolute Gasteiger partial charge is 0.411 e. The molecular weight excluding hydrogens is 296 g/mol. The molecule has 0 aliphatic heterocycles. The van der Waals surface area contributed by atoms with E-state index in [1.165, 1.54) is 24.3 Å². The Labute approximate surface area is 135 Å². The van der Waals surface area contributed by atoms with Gasteiger partial charge in [-0.05, 0) is 24.6 Å². The SMILES string of the molecule is CC.Cc1ccc(COC(=O)Nc2ccc([N+](=O)[O-])cc2)cc1. The Morgan fingerprint density at radius 1 is 1.09 bits per heavy atom. The van der Waals surface area contributed by atoms with Gasteiger partial charge in [-0.25, -0.2) is 4.79 Å². The van der Waals surface area contributed by atoms with Gasteiger partial charge in [0.25, 0.3) is 5.69 Å². The Morgan fingerprint density at radius 2 is 1.65 bits per heavy atom. The Morgan fingerprint density at radius 3 is 2.17 bits per heavy atom. The summed E-state index contributed by atoms with van der Waals surface area (Å²) >= 11 is 0. The molecule has 0 atom stereocenters. The molecular formula is C17H20N2O4. The lowest BCUT2D eigenvalue weighted by Gasteiger charge is -2.07. The molecule has 0 saturated carbocycles. The molecule has 0 unspecified atom stereocenters. The largest absolute Gasteiger partial charge is 0.444 e. The molecule has 1 N–H and O–H groups in total. The van der Waals surface area contributed by atoms with E-state index in [0.29, 0.717) is 5.69 Å². The standard InChI is InChI=1S/C15H14N2O4.C2H6/c1-11-2-4-12(5-3-11)10-21-15(18)16-13-6-8-14(9-7-13)17(19)20;1-2/h2-9H,10H2,1H3,(H,16,18);1-2H3. The van der Waals surface area contributed by atoms with E-state index in [1.807, 2.05) is 45.0 Å². The zero-order chi connectivity index (χ0) is 17.2. The van der Waals surface area contributed by atoms with Gasteiger partial charge < -0.3 is 4.74 Å². The second-order valence-corrected chi connectivity index (χ2v) is 4.49. The number of non-ortho nitro benzene ring substituents is 1. The maximum absolute atomic E-state index is 11.6. The van der Waals surface area contributed by atoms with Crippen molar-refractivity contribution in [2.24, 2.45) is 0 Å². The lowest BCUT2D eigenvalue weighted by Crippen LogP contribution is -2.13. The van der Waals surface area contributed by atoms with Crippen molar-refractivity contribution in [1.29, 1.82) is 0 Å². The first-order valence-electron chi connectivity index (χ1n) is 7.28. The number of benzene rings is 2. The van der Waals surface area contributed by atoms with Gasteiger partial charge in [0.05, 0.1) is 4.92 Å². The van der Waals surface area contributed by atoms with Crippen LogP contribution in [-0.2, 0) is 11.3 Å². The number of rotatable bonds is 4. The molecule has 0 aliphatic rings. The average molecular weight is 316 g/mol. The summed E-state index contributed by atoms with van der Waals surface area (Å²) in [5, 5.41) is 13.0. The molecule has 2 aromatic carbocycles. The van der Waals surface area contributed by atoms with Crippen LogP contribution in [0.25, 0.3) is 0 Å². The highest BCUT2D eigenvalue weighted by Crippen LogP contribution is 2.15. The topological polar surface area (TPSA) is 81.5 Å². The second kappa shape index (κ2) is 9.19. The van der Waals surface area contributed by atoms with Gasteiger partial charge >= 0.3 is 6.09 Å². The molecule has 6 nitrogen and oxygen atoms in total. The average Bonchev–Trinajstić information content (AvgIpc) is 2.57. The lowest BCUT2D eigenvalue weighted by atomic mass is 10.2. The maximum Gasteiger partial charge on any atom is 0.411 e. The number of carbonyl (C=O) groups excluding carboxylic acids is 1. The van der Waals surface area contributed by atoms with Gasteiger partial charge in [0.15, 0.2) is 0 Å². The van der Waals surface area contributed by atoms with Gasteiger partial charge in [-0.3, -0.25) is 15.4 Å². The van der Waals surface area contributed by atoms with Crippen molar-refractivity contribution in [3.05, 3.63) is 69.8 Å². The molecule has 2 rings (SSSR count). The number of ether oxygens (including phenoxy) is 1. The van der Waals surface area contributed by atoms with E-state index in [4.69, 9.17) is 4.74 Å². The predicted molar refractivity (Wildman–Crippen MR) is 89.4 cm³/mol. The fourth-order valence-electron chi connectivity index (χ4n) is 1.65. The number of hydrogen-bond acceptors (Lipinski definition) is 4. The first kappa shape index (κ1) is 18.2. The summed E-state index contributed by atoms with van der Waals surface area (Å²) in [5.74, 6) is 0.